The molecule has 2 atom stereocenters. The molecule has 5 rings (SSSR count). The second kappa shape index (κ2) is 12.4. The number of carbonyl (C=O) groups is 1. The van der Waals surface area contributed by atoms with Crippen LogP contribution in [0.2, 0.25) is 0 Å². The van der Waals surface area contributed by atoms with E-state index in [1.807, 2.05) is 54.7 Å². The summed E-state index contributed by atoms with van der Waals surface area (Å²) < 4.78 is 44.1. The van der Waals surface area contributed by atoms with Crippen molar-refractivity contribution in [2.45, 2.75) is 45.4 Å². The molecule has 2 aromatic carbocycles. The summed E-state index contributed by atoms with van der Waals surface area (Å²) >= 11 is 0. The monoisotopic (exact) mass is 610 g/mol. The lowest BCUT2D eigenvalue weighted by Crippen LogP contribution is -2.58. The summed E-state index contributed by atoms with van der Waals surface area (Å²) in [4.78, 5) is 22.9. The molecular formula is C32H43FN6O3S. The predicted octanol–water partition coefficient (Wildman–Crippen LogP) is 4.39. The molecule has 0 saturated carbocycles. The largest absolute Gasteiger partial charge is 0.328 e. The van der Waals surface area contributed by atoms with Gasteiger partial charge in [0, 0.05) is 51.0 Å². The summed E-state index contributed by atoms with van der Waals surface area (Å²) in [5.74, 6) is 0.688. The number of amides is 2. The number of nitrogens with one attached hydrogen (secondary N) is 1. The van der Waals surface area contributed by atoms with Crippen molar-refractivity contribution < 1.29 is 17.6 Å². The maximum absolute atomic E-state index is 16.3. The Balaban J connectivity index is 1.58. The standard InChI is InChI=1S/C32H43FN6O3S/c1-31(2,3)28(29-35-27(26-13-9-6-10-14-26)22-37(29)21-25-11-7-5-8-12-25)39(24-32(33)15-16-34-23-32)30(40)36-17-19-38(20-18-36)43(4,41)42/h5-14,22,28,34H,15-21,23-24H2,1-4H3/t28-,32-/m0/s1. The summed E-state index contributed by atoms with van der Waals surface area (Å²) in [5, 5.41) is 3.13. The first kappa shape index (κ1) is 31.2. The maximum Gasteiger partial charge on any atom is 0.320 e. The van der Waals surface area contributed by atoms with E-state index in [1.54, 1.807) is 9.80 Å². The van der Waals surface area contributed by atoms with Gasteiger partial charge in [-0.25, -0.2) is 22.6 Å². The van der Waals surface area contributed by atoms with Crippen LogP contribution in [0.5, 0.6) is 0 Å². The average molecular weight is 611 g/mol. The second-order valence-corrected chi connectivity index (χ2v) is 14.9. The number of hydrogen-bond acceptors (Lipinski definition) is 5. The Hall–Kier alpha value is -3.28. The first-order valence-corrected chi connectivity index (χ1v) is 16.8. The molecule has 0 bridgehead atoms. The van der Waals surface area contributed by atoms with Crippen LogP contribution >= 0.6 is 0 Å². The maximum atomic E-state index is 16.3. The minimum Gasteiger partial charge on any atom is -0.328 e. The van der Waals surface area contributed by atoms with E-state index in [0.717, 1.165) is 16.8 Å². The van der Waals surface area contributed by atoms with Crippen LogP contribution in [0, 0.1) is 5.41 Å². The Morgan fingerprint density at radius 3 is 2.23 bits per heavy atom. The smallest absolute Gasteiger partial charge is 0.320 e. The number of nitrogens with zero attached hydrogens (tertiary/aromatic N) is 5. The van der Waals surface area contributed by atoms with E-state index in [2.05, 4.69) is 42.8 Å². The van der Waals surface area contributed by atoms with Gasteiger partial charge in [0.2, 0.25) is 10.0 Å². The number of aromatic nitrogens is 2. The van der Waals surface area contributed by atoms with E-state index in [-0.39, 0.29) is 45.3 Å². The molecule has 2 aliphatic heterocycles. The van der Waals surface area contributed by atoms with Gasteiger partial charge in [-0.15, -0.1) is 0 Å². The first-order valence-electron chi connectivity index (χ1n) is 14.9. The summed E-state index contributed by atoms with van der Waals surface area (Å²) in [6, 6.07) is 19.1. The zero-order valence-electron chi connectivity index (χ0n) is 25.5. The molecule has 1 aromatic heterocycles. The number of rotatable bonds is 8. The van der Waals surface area contributed by atoms with E-state index in [4.69, 9.17) is 4.98 Å². The predicted molar refractivity (Wildman–Crippen MR) is 167 cm³/mol. The van der Waals surface area contributed by atoms with Gasteiger partial charge in [-0.1, -0.05) is 81.4 Å². The fourth-order valence-corrected chi connectivity index (χ4v) is 6.94. The van der Waals surface area contributed by atoms with Crippen LogP contribution in [0.15, 0.2) is 66.9 Å². The van der Waals surface area contributed by atoms with E-state index in [1.165, 1.54) is 10.6 Å². The topological polar surface area (TPSA) is 90.8 Å². The Morgan fingerprint density at radius 1 is 1.05 bits per heavy atom. The highest BCUT2D eigenvalue weighted by molar-refractivity contribution is 7.88. The number of sulfonamides is 1. The van der Waals surface area contributed by atoms with Crippen molar-refractivity contribution in [3.63, 3.8) is 0 Å². The Bertz CT molecular complexity index is 1490. The van der Waals surface area contributed by atoms with Crippen LogP contribution < -0.4 is 5.32 Å². The van der Waals surface area contributed by atoms with Crippen LogP contribution in [0.4, 0.5) is 9.18 Å². The lowest BCUT2D eigenvalue weighted by molar-refractivity contribution is 0.0364. The zero-order chi connectivity index (χ0) is 30.8. The fraction of sp³-hybridized carbons (Fsp3) is 0.500. The molecule has 0 unspecified atom stereocenters. The molecule has 3 aromatic rings. The van der Waals surface area contributed by atoms with Gasteiger partial charge in [-0.3, -0.25) is 0 Å². The van der Waals surface area contributed by atoms with Gasteiger partial charge >= 0.3 is 6.03 Å². The summed E-state index contributed by atoms with van der Waals surface area (Å²) in [6.07, 6.45) is 3.51. The quantitative estimate of drug-likeness (QED) is 0.409. The van der Waals surface area contributed by atoms with E-state index in [0.29, 0.717) is 25.3 Å². The van der Waals surface area contributed by atoms with Crippen LogP contribution in [0.1, 0.15) is 44.6 Å². The van der Waals surface area contributed by atoms with Gasteiger partial charge in [0.1, 0.15) is 11.5 Å². The van der Waals surface area contributed by atoms with Gasteiger partial charge in [0.15, 0.2) is 0 Å². The summed E-state index contributed by atoms with van der Waals surface area (Å²) in [7, 11) is -3.37. The van der Waals surface area contributed by atoms with Crippen molar-refractivity contribution in [1.29, 1.82) is 0 Å². The van der Waals surface area contributed by atoms with Crippen molar-refractivity contribution in [3.8, 4) is 11.3 Å². The molecule has 11 heteroatoms. The summed E-state index contributed by atoms with van der Waals surface area (Å²) in [6.45, 7) is 8.24. The third-order valence-corrected chi connectivity index (χ3v) is 9.62. The zero-order valence-corrected chi connectivity index (χ0v) is 26.4. The van der Waals surface area contributed by atoms with E-state index in [9.17, 15) is 13.2 Å². The van der Waals surface area contributed by atoms with Crippen molar-refractivity contribution in [1.82, 2.24) is 29.0 Å². The number of carbonyl (C=O) groups excluding carboxylic acids is 1. The molecule has 3 heterocycles. The van der Waals surface area contributed by atoms with Gasteiger partial charge in [0.05, 0.1) is 24.5 Å². The molecular weight excluding hydrogens is 567 g/mol. The Kier molecular flexibility index (Phi) is 8.97. The molecule has 2 saturated heterocycles. The van der Waals surface area contributed by atoms with Gasteiger partial charge in [-0.05, 0) is 23.9 Å². The van der Waals surface area contributed by atoms with Gasteiger partial charge < -0.3 is 19.7 Å². The van der Waals surface area contributed by atoms with Crippen LogP contribution in [-0.4, -0.2) is 95.8 Å². The molecule has 0 spiro atoms. The summed E-state index contributed by atoms with van der Waals surface area (Å²) in [5.41, 5.74) is 0.727. The molecule has 2 amide bonds. The molecule has 9 nitrogen and oxygen atoms in total. The minimum atomic E-state index is -3.37. The van der Waals surface area contributed by atoms with Crippen molar-refractivity contribution >= 4 is 16.1 Å². The van der Waals surface area contributed by atoms with Crippen molar-refractivity contribution in [2.75, 3.05) is 52.1 Å². The third-order valence-electron chi connectivity index (χ3n) is 8.32. The lowest BCUT2D eigenvalue weighted by atomic mass is 9.84. The number of urea groups is 1. The first-order chi connectivity index (χ1) is 20.3. The van der Waals surface area contributed by atoms with Crippen LogP contribution in [0.25, 0.3) is 11.3 Å². The number of hydrogen-bond donors (Lipinski definition) is 1. The van der Waals surface area contributed by atoms with E-state index < -0.39 is 27.1 Å². The highest BCUT2D eigenvalue weighted by Crippen LogP contribution is 2.41. The molecule has 232 valence electrons. The van der Waals surface area contributed by atoms with Crippen LogP contribution in [0.3, 0.4) is 0 Å². The SMILES string of the molecule is CC(C)(C)[C@H](c1nc(-c2ccccc2)cn1Cc1ccccc1)N(C[C@]1(F)CCNC1)C(=O)N1CCN(S(C)(=O)=O)CC1. The average Bonchev–Trinajstić information content (AvgIpc) is 3.58. The number of halogens is 1. The Morgan fingerprint density at radius 2 is 1.67 bits per heavy atom. The second-order valence-electron chi connectivity index (χ2n) is 12.9. The molecule has 2 aliphatic rings. The van der Waals surface area contributed by atoms with E-state index >= 15 is 4.39 Å². The van der Waals surface area contributed by atoms with Gasteiger partial charge in [-0.2, -0.15) is 4.31 Å². The molecule has 0 aliphatic carbocycles. The minimum absolute atomic E-state index is 0.0913. The number of imidazole rings is 1. The highest BCUT2D eigenvalue weighted by Gasteiger charge is 2.46. The van der Waals surface area contributed by atoms with Crippen molar-refractivity contribution in [3.05, 3.63) is 78.2 Å². The third kappa shape index (κ3) is 7.27. The number of piperazine rings is 1. The highest BCUT2D eigenvalue weighted by atomic mass is 32.2. The molecule has 43 heavy (non-hydrogen) atoms. The molecule has 2 fully saturated rings. The Labute approximate surface area is 254 Å². The fourth-order valence-electron chi connectivity index (χ4n) is 6.11. The normalized spacial score (nSPS) is 20.7. The number of alkyl halides is 1. The lowest BCUT2D eigenvalue weighted by Gasteiger charge is -2.45. The van der Waals surface area contributed by atoms with Gasteiger partial charge in [0.25, 0.3) is 0 Å². The number of benzene rings is 2. The molecule has 0 radical (unpaired) electrons. The van der Waals surface area contributed by atoms with Crippen molar-refractivity contribution in [2.24, 2.45) is 5.41 Å². The molecule has 1 N–H and O–H groups in total. The van der Waals surface area contributed by atoms with Crippen LogP contribution in [-0.2, 0) is 16.6 Å².